The molecular weight excluding hydrogens is 342 g/mol. The lowest BCUT2D eigenvalue weighted by Gasteiger charge is -2.07. The number of aromatic hydroxyl groups is 1. The first-order valence-electron chi connectivity index (χ1n) is 8.26. The number of anilines is 2. The number of phenolic OH excluding ortho intramolecular Hbond substituents is 1. The minimum Gasteiger partial charge on any atom is -0.508 e. The molecule has 1 aromatic heterocycles. The SMILES string of the molecule is N#CC(=C1Nc2ccccc2O1)c1ccnc(NCc2ccc(O)cc2)n1. The highest BCUT2D eigenvalue weighted by Crippen LogP contribution is 2.35. The van der Waals surface area contributed by atoms with Crippen LogP contribution in [0.1, 0.15) is 11.3 Å². The maximum atomic E-state index is 9.61. The van der Waals surface area contributed by atoms with Crippen molar-refractivity contribution in [3.8, 4) is 17.6 Å². The van der Waals surface area contributed by atoms with Crippen molar-refractivity contribution in [3.05, 3.63) is 77.9 Å². The Balaban J connectivity index is 1.55. The van der Waals surface area contributed by atoms with Crippen LogP contribution in [-0.2, 0) is 6.54 Å². The van der Waals surface area contributed by atoms with E-state index in [4.69, 9.17) is 4.74 Å². The Morgan fingerprint density at radius 1 is 1.15 bits per heavy atom. The molecule has 0 spiro atoms. The summed E-state index contributed by atoms with van der Waals surface area (Å²) in [7, 11) is 0. The number of fused-ring (bicyclic) bond motifs is 1. The van der Waals surface area contributed by atoms with Crippen LogP contribution in [0.4, 0.5) is 11.6 Å². The quantitative estimate of drug-likeness (QED) is 0.614. The third-order valence-electron chi connectivity index (χ3n) is 3.98. The van der Waals surface area contributed by atoms with Gasteiger partial charge in [-0.2, -0.15) is 5.26 Å². The van der Waals surface area contributed by atoms with E-state index in [1.807, 2.05) is 36.4 Å². The summed E-state index contributed by atoms with van der Waals surface area (Å²) < 4.78 is 5.74. The molecule has 1 aliphatic heterocycles. The molecule has 0 saturated heterocycles. The molecule has 4 rings (SSSR count). The second-order valence-electron chi connectivity index (χ2n) is 5.82. The van der Waals surface area contributed by atoms with Gasteiger partial charge in [0.25, 0.3) is 0 Å². The van der Waals surface area contributed by atoms with Gasteiger partial charge >= 0.3 is 0 Å². The van der Waals surface area contributed by atoms with Crippen LogP contribution >= 0.6 is 0 Å². The highest BCUT2D eigenvalue weighted by molar-refractivity contribution is 5.81. The van der Waals surface area contributed by atoms with Gasteiger partial charge in [-0.1, -0.05) is 24.3 Å². The molecule has 2 heterocycles. The van der Waals surface area contributed by atoms with Crippen molar-refractivity contribution >= 4 is 17.2 Å². The van der Waals surface area contributed by atoms with E-state index in [2.05, 4.69) is 26.7 Å². The van der Waals surface area contributed by atoms with Crippen LogP contribution in [0.2, 0.25) is 0 Å². The smallest absolute Gasteiger partial charge is 0.223 e. The Bertz CT molecular complexity index is 1030. The molecule has 0 atom stereocenters. The molecule has 0 saturated carbocycles. The zero-order valence-corrected chi connectivity index (χ0v) is 14.2. The number of aromatic nitrogens is 2. The summed E-state index contributed by atoms with van der Waals surface area (Å²) in [5, 5.41) is 25.2. The Morgan fingerprint density at radius 3 is 2.74 bits per heavy atom. The Morgan fingerprint density at radius 2 is 1.96 bits per heavy atom. The summed E-state index contributed by atoms with van der Waals surface area (Å²) in [4.78, 5) is 8.60. The molecule has 3 N–H and O–H groups in total. The number of nitrogens with zero attached hydrogens (tertiary/aromatic N) is 3. The number of ether oxygens (including phenoxy) is 1. The summed E-state index contributed by atoms with van der Waals surface area (Å²) in [6, 6.07) is 18.1. The van der Waals surface area contributed by atoms with E-state index in [9.17, 15) is 10.4 Å². The summed E-state index contributed by atoms with van der Waals surface area (Å²) in [5.41, 5.74) is 2.52. The topological polar surface area (TPSA) is 103 Å². The molecule has 7 heteroatoms. The number of phenols is 1. The van der Waals surface area contributed by atoms with Crippen molar-refractivity contribution < 1.29 is 9.84 Å². The molecule has 0 aliphatic carbocycles. The van der Waals surface area contributed by atoms with Crippen molar-refractivity contribution in [2.24, 2.45) is 0 Å². The Hall–Kier alpha value is -4.05. The first-order valence-corrected chi connectivity index (χ1v) is 8.26. The van der Waals surface area contributed by atoms with Gasteiger partial charge in [0, 0.05) is 12.7 Å². The third-order valence-corrected chi connectivity index (χ3v) is 3.98. The number of nitrogens with one attached hydrogen (secondary N) is 2. The number of rotatable bonds is 4. The molecule has 0 unspecified atom stereocenters. The number of nitriles is 1. The fourth-order valence-electron chi connectivity index (χ4n) is 2.63. The summed E-state index contributed by atoms with van der Waals surface area (Å²) in [6.07, 6.45) is 1.58. The molecule has 2 aromatic carbocycles. The predicted octanol–water partition coefficient (Wildman–Crippen LogP) is 3.49. The van der Waals surface area contributed by atoms with Gasteiger partial charge in [0.2, 0.25) is 11.8 Å². The molecule has 0 bridgehead atoms. The average molecular weight is 357 g/mol. The third kappa shape index (κ3) is 3.50. The molecule has 3 aromatic rings. The number of hydrogen-bond acceptors (Lipinski definition) is 7. The van der Waals surface area contributed by atoms with Crippen LogP contribution in [0.15, 0.2) is 66.7 Å². The normalized spacial score (nSPS) is 13.7. The van der Waals surface area contributed by atoms with Crippen LogP contribution in [0.5, 0.6) is 11.5 Å². The maximum absolute atomic E-state index is 9.61. The Kier molecular flexibility index (Phi) is 4.29. The van der Waals surface area contributed by atoms with Gasteiger partial charge in [0.1, 0.15) is 17.4 Å². The molecule has 0 radical (unpaired) electrons. The number of allylic oxidation sites excluding steroid dienone is 1. The van der Waals surface area contributed by atoms with E-state index in [1.165, 1.54) is 0 Å². The molecule has 1 aliphatic rings. The number of hydrogen-bond donors (Lipinski definition) is 3. The molecule has 0 amide bonds. The summed E-state index contributed by atoms with van der Waals surface area (Å²) >= 11 is 0. The number of para-hydroxylation sites is 2. The predicted molar refractivity (Wildman–Crippen MR) is 101 cm³/mol. The standard InChI is InChI=1S/C20H15N5O2/c21-11-15(19-24-17-3-1-2-4-18(17)27-19)16-9-10-22-20(25-16)23-12-13-5-7-14(26)8-6-13/h1-10,24,26H,12H2,(H,22,23,25). The van der Waals surface area contributed by atoms with Crippen molar-refractivity contribution in [1.82, 2.24) is 9.97 Å². The van der Waals surface area contributed by atoms with Gasteiger partial charge < -0.3 is 20.5 Å². The zero-order chi connectivity index (χ0) is 18.6. The second kappa shape index (κ2) is 7.06. The summed E-state index contributed by atoms with van der Waals surface area (Å²) in [5.74, 6) is 1.62. The van der Waals surface area contributed by atoms with Crippen LogP contribution in [-0.4, -0.2) is 15.1 Å². The molecule has 0 fully saturated rings. The van der Waals surface area contributed by atoms with Crippen LogP contribution < -0.4 is 15.4 Å². The van der Waals surface area contributed by atoms with E-state index in [1.54, 1.807) is 24.4 Å². The van der Waals surface area contributed by atoms with E-state index >= 15 is 0 Å². The average Bonchev–Trinajstić information content (AvgIpc) is 3.12. The van der Waals surface area contributed by atoms with Gasteiger partial charge in [-0.05, 0) is 35.9 Å². The van der Waals surface area contributed by atoms with E-state index < -0.39 is 0 Å². The van der Waals surface area contributed by atoms with Gasteiger partial charge in [-0.15, -0.1) is 0 Å². The lowest BCUT2D eigenvalue weighted by Crippen LogP contribution is -2.07. The van der Waals surface area contributed by atoms with E-state index in [-0.39, 0.29) is 5.75 Å². The minimum absolute atomic E-state index is 0.215. The highest BCUT2D eigenvalue weighted by atomic mass is 16.5. The van der Waals surface area contributed by atoms with Gasteiger partial charge in [-0.25, -0.2) is 9.97 Å². The van der Waals surface area contributed by atoms with E-state index in [0.29, 0.717) is 35.4 Å². The fraction of sp³-hybridized carbons (Fsp3) is 0.0500. The molecular formula is C20H15N5O2. The molecule has 132 valence electrons. The summed E-state index contributed by atoms with van der Waals surface area (Å²) in [6.45, 7) is 0.488. The van der Waals surface area contributed by atoms with Crippen molar-refractivity contribution in [3.63, 3.8) is 0 Å². The molecule has 7 nitrogen and oxygen atoms in total. The van der Waals surface area contributed by atoms with Gasteiger partial charge in [0.15, 0.2) is 5.75 Å². The maximum Gasteiger partial charge on any atom is 0.223 e. The lowest BCUT2D eigenvalue weighted by atomic mass is 10.2. The largest absolute Gasteiger partial charge is 0.508 e. The zero-order valence-electron chi connectivity index (χ0n) is 14.2. The van der Waals surface area contributed by atoms with Crippen molar-refractivity contribution in [2.75, 3.05) is 10.6 Å². The van der Waals surface area contributed by atoms with Crippen LogP contribution in [0, 0.1) is 11.3 Å². The van der Waals surface area contributed by atoms with Crippen LogP contribution in [0.25, 0.3) is 5.57 Å². The molecule has 27 heavy (non-hydrogen) atoms. The fourth-order valence-corrected chi connectivity index (χ4v) is 2.63. The lowest BCUT2D eigenvalue weighted by molar-refractivity contribution is 0.460. The highest BCUT2D eigenvalue weighted by Gasteiger charge is 2.21. The monoisotopic (exact) mass is 357 g/mol. The van der Waals surface area contributed by atoms with Crippen molar-refractivity contribution in [2.45, 2.75) is 6.54 Å². The Labute approximate surface area is 155 Å². The van der Waals surface area contributed by atoms with Crippen LogP contribution in [0.3, 0.4) is 0 Å². The van der Waals surface area contributed by atoms with Gasteiger partial charge in [-0.3, -0.25) is 0 Å². The van der Waals surface area contributed by atoms with E-state index in [0.717, 1.165) is 11.3 Å². The first kappa shape index (κ1) is 16.4. The second-order valence-corrected chi connectivity index (χ2v) is 5.82. The number of benzene rings is 2. The first-order chi connectivity index (χ1) is 13.2. The minimum atomic E-state index is 0.215. The van der Waals surface area contributed by atoms with Gasteiger partial charge in [0.05, 0.1) is 11.4 Å². The van der Waals surface area contributed by atoms with Crippen molar-refractivity contribution in [1.29, 1.82) is 5.26 Å².